The topological polar surface area (TPSA) is 163 Å². The lowest BCUT2D eigenvalue weighted by molar-refractivity contribution is -0.384. The Balaban J connectivity index is 1.64. The van der Waals surface area contributed by atoms with E-state index >= 15 is 0 Å². The van der Waals surface area contributed by atoms with Crippen LogP contribution in [0.2, 0.25) is 0 Å². The molecule has 1 aromatic carbocycles. The monoisotopic (exact) mass is 705 g/mol. The average molecular weight is 706 g/mol. The molecule has 0 heterocycles. The molecule has 49 heavy (non-hydrogen) atoms. The molecule has 0 unspecified atom stereocenters. The fourth-order valence-corrected chi connectivity index (χ4v) is 3.43. The van der Waals surface area contributed by atoms with Crippen LogP contribution in [0, 0.1) is 22.5 Å². The summed E-state index contributed by atoms with van der Waals surface area (Å²) in [4.78, 5) is 10.2. The number of nitro benzene ring substituents is 1. The van der Waals surface area contributed by atoms with Gasteiger partial charge in [0.2, 0.25) is 0 Å². The smallest absolute Gasteiger partial charge is 0.269 e. The standard InChI is InChI=1S/C33H55NO15/c1-2-7-37-8-9-38-10-11-39-12-13-40-14-15-41-16-17-42-18-19-43-20-21-44-22-23-45-24-25-46-26-27-47-28-29-48-30-31-49-33-5-3-32(4-6-33)34(35)36/h1,3-6H,7-31H2. The minimum atomic E-state index is -0.453. The van der Waals surface area contributed by atoms with Gasteiger partial charge in [0.15, 0.2) is 0 Å². The lowest BCUT2D eigenvalue weighted by atomic mass is 10.3. The Labute approximate surface area is 289 Å². The zero-order valence-electron chi connectivity index (χ0n) is 28.6. The fraction of sp³-hybridized carbons (Fsp3) is 0.758. The van der Waals surface area contributed by atoms with Crippen molar-refractivity contribution < 1.29 is 66.5 Å². The van der Waals surface area contributed by atoms with Gasteiger partial charge in [-0.15, -0.1) is 6.42 Å². The first-order valence-electron chi connectivity index (χ1n) is 16.5. The van der Waals surface area contributed by atoms with E-state index in [0.29, 0.717) is 171 Å². The van der Waals surface area contributed by atoms with E-state index in [1.54, 1.807) is 12.1 Å². The summed E-state index contributed by atoms with van der Waals surface area (Å²) in [5.74, 6) is 2.95. The van der Waals surface area contributed by atoms with Crippen molar-refractivity contribution >= 4 is 5.69 Å². The largest absolute Gasteiger partial charge is 0.491 e. The van der Waals surface area contributed by atoms with Gasteiger partial charge in [-0.1, -0.05) is 5.92 Å². The summed E-state index contributed by atoms with van der Waals surface area (Å²) in [5.41, 5.74) is 0.0235. The van der Waals surface area contributed by atoms with E-state index in [-0.39, 0.29) is 5.69 Å². The number of nitro groups is 1. The SMILES string of the molecule is C#CCOCCOCCOCCOCCOCCOCCOCCOCCOCCOCCOCCOCCOc1ccc([N+](=O)[O-])cc1. The van der Waals surface area contributed by atoms with Crippen LogP contribution in [0.5, 0.6) is 5.75 Å². The molecular formula is C33H55NO15. The molecule has 0 aromatic heterocycles. The van der Waals surface area contributed by atoms with Gasteiger partial charge >= 0.3 is 0 Å². The van der Waals surface area contributed by atoms with Gasteiger partial charge in [-0.25, -0.2) is 0 Å². The highest BCUT2D eigenvalue weighted by molar-refractivity contribution is 5.35. The predicted molar refractivity (Wildman–Crippen MR) is 177 cm³/mol. The van der Waals surface area contributed by atoms with Crippen molar-refractivity contribution in [3.8, 4) is 18.1 Å². The van der Waals surface area contributed by atoms with Crippen LogP contribution in [-0.2, 0) is 56.8 Å². The molecule has 0 aliphatic heterocycles. The van der Waals surface area contributed by atoms with Crippen LogP contribution in [0.1, 0.15) is 0 Å². The van der Waals surface area contributed by atoms with Crippen molar-refractivity contribution in [1.82, 2.24) is 0 Å². The number of benzene rings is 1. The van der Waals surface area contributed by atoms with Crippen molar-refractivity contribution in [3.05, 3.63) is 34.4 Å². The van der Waals surface area contributed by atoms with Crippen molar-refractivity contribution in [2.75, 3.05) is 165 Å². The second-order valence-corrected chi connectivity index (χ2v) is 9.59. The Morgan fingerprint density at radius 2 is 0.673 bits per heavy atom. The maximum absolute atomic E-state index is 10.6. The second-order valence-electron chi connectivity index (χ2n) is 9.59. The molecule has 0 fully saturated rings. The van der Waals surface area contributed by atoms with Gasteiger partial charge < -0.3 is 61.6 Å². The van der Waals surface area contributed by atoms with E-state index in [1.165, 1.54) is 12.1 Å². The molecule has 0 spiro atoms. The van der Waals surface area contributed by atoms with E-state index in [4.69, 9.17) is 68.0 Å². The zero-order valence-corrected chi connectivity index (χ0v) is 28.6. The lowest BCUT2D eigenvalue weighted by Crippen LogP contribution is -2.15. The third kappa shape index (κ3) is 32.5. The summed E-state index contributed by atoms with van der Waals surface area (Å²) in [5, 5.41) is 10.6. The van der Waals surface area contributed by atoms with Crippen LogP contribution in [-0.4, -0.2) is 170 Å². The second kappa shape index (κ2) is 36.8. The molecule has 0 bridgehead atoms. The molecule has 1 aromatic rings. The third-order valence-electron chi connectivity index (χ3n) is 5.82. The highest BCUT2D eigenvalue weighted by Crippen LogP contribution is 2.17. The van der Waals surface area contributed by atoms with Crippen molar-refractivity contribution in [2.45, 2.75) is 0 Å². The average Bonchev–Trinajstić information content (AvgIpc) is 3.11. The maximum Gasteiger partial charge on any atom is 0.269 e. The zero-order chi connectivity index (χ0) is 35.1. The van der Waals surface area contributed by atoms with Crippen molar-refractivity contribution in [1.29, 1.82) is 0 Å². The number of hydrogen-bond acceptors (Lipinski definition) is 15. The van der Waals surface area contributed by atoms with E-state index in [1.807, 2.05) is 0 Å². The number of ether oxygens (including phenoxy) is 13. The van der Waals surface area contributed by atoms with Gasteiger partial charge in [0, 0.05) is 12.1 Å². The molecule has 16 heteroatoms. The first-order valence-corrected chi connectivity index (χ1v) is 16.5. The number of hydrogen-bond donors (Lipinski definition) is 0. The summed E-state index contributed by atoms with van der Waals surface area (Å²) in [7, 11) is 0. The Morgan fingerprint density at radius 3 is 0.918 bits per heavy atom. The van der Waals surface area contributed by atoms with Crippen LogP contribution >= 0.6 is 0 Å². The molecule has 282 valence electrons. The summed E-state index contributed by atoms with van der Waals surface area (Å²) in [6.45, 7) is 11.7. The van der Waals surface area contributed by atoms with E-state index < -0.39 is 4.92 Å². The van der Waals surface area contributed by atoms with Crippen LogP contribution in [0.15, 0.2) is 24.3 Å². The highest BCUT2D eigenvalue weighted by atomic mass is 16.6. The molecule has 0 N–H and O–H groups in total. The van der Waals surface area contributed by atoms with Crippen LogP contribution in [0.25, 0.3) is 0 Å². The van der Waals surface area contributed by atoms with Gasteiger partial charge in [0.25, 0.3) is 5.69 Å². The molecule has 1 rings (SSSR count). The van der Waals surface area contributed by atoms with Crippen molar-refractivity contribution in [3.63, 3.8) is 0 Å². The molecule has 0 atom stereocenters. The summed E-state index contributed by atoms with van der Waals surface area (Å²) < 4.78 is 70.4. The minimum absolute atomic E-state index is 0.0235. The molecular weight excluding hydrogens is 650 g/mol. The van der Waals surface area contributed by atoms with Gasteiger partial charge in [0.1, 0.15) is 19.0 Å². The van der Waals surface area contributed by atoms with E-state index in [2.05, 4.69) is 5.92 Å². The Kier molecular flexibility index (Phi) is 33.4. The molecule has 0 saturated heterocycles. The normalized spacial score (nSPS) is 11.2. The molecule has 0 aliphatic carbocycles. The predicted octanol–water partition coefficient (Wildman–Crippen LogP) is 1.81. The maximum atomic E-state index is 10.6. The van der Waals surface area contributed by atoms with Gasteiger partial charge in [-0.3, -0.25) is 10.1 Å². The van der Waals surface area contributed by atoms with Crippen LogP contribution < -0.4 is 4.74 Å². The number of nitrogens with zero attached hydrogens (tertiary/aromatic N) is 1. The van der Waals surface area contributed by atoms with E-state index in [9.17, 15) is 10.1 Å². The number of terminal acetylenes is 1. The fourth-order valence-electron chi connectivity index (χ4n) is 3.43. The first kappa shape index (κ1) is 44.5. The molecule has 16 nitrogen and oxygen atoms in total. The van der Waals surface area contributed by atoms with Gasteiger partial charge in [-0.05, 0) is 12.1 Å². The molecule has 0 radical (unpaired) electrons. The Hall–Kier alpha value is -2.50. The third-order valence-corrected chi connectivity index (χ3v) is 5.82. The number of rotatable bonds is 39. The Morgan fingerprint density at radius 1 is 0.429 bits per heavy atom. The highest BCUT2D eigenvalue weighted by Gasteiger charge is 2.04. The van der Waals surface area contributed by atoms with Gasteiger partial charge in [-0.2, -0.15) is 0 Å². The lowest BCUT2D eigenvalue weighted by Gasteiger charge is -2.09. The van der Waals surface area contributed by atoms with Crippen LogP contribution in [0.4, 0.5) is 5.69 Å². The van der Waals surface area contributed by atoms with Crippen molar-refractivity contribution in [2.24, 2.45) is 0 Å². The Bertz CT molecular complexity index is 888. The van der Waals surface area contributed by atoms with Gasteiger partial charge in [0.05, 0.1) is 157 Å². The minimum Gasteiger partial charge on any atom is -0.491 e. The summed E-state index contributed by atoms with van der Waals surface area (Å²) in [6, 6.07) is 5.90. The quantitative estimate of drug-likeness (QED) is 0.0422. The summed E-state index contributed by atoms with van der Waals surface area (Å²) in [6.07, 6.45) is 5.08. The first-order chi connectivity index (χ1) is 24.2. The van der Waals surface area contributed by atoms with E-state index in [0.717, 1.165) is 0 Å². The molecule has 0 saturated carbocycles. The summed E-state index contributed by atoms with van der Waals surface area (Å²) >= 11 is 0. The molecule has 0 aliphatic rings. The van der Waals surface area contributed by atoms with Crippen LogP contribution in [0.3, 0.4) is 0 Å². The molecule has 0 amide bonds. The number of non-ortho nitro benzene ring substituents is 1.